The molecule has 0 bridgehead atoms. The van der Waals surface area contributed by atoms with E-state index in [1.54, 1.807) is 0 Å². The summed E-state index contributed by atoms with van der Waals surface area (Å²) in [5, 5.41) is 13.3. The molecular weight excluding hydrogens is 298 g/mol. The van der Waals surface area contributed by atoms with E-state index in [9.17, 15) is 10.1 Å². The number of benzene rings is 2. The number of amides is 1. The van der Waals surface area contributed by atoms with Crippen LogP contribution in [0.1, 0.15) is 11.1 Å². The second-order valence-electron chi connectivity index (χ2n) is 5.81. The first-order valence-electron chi connectivity index (χ1n) is 8.03. The predicted octanol–water partition coefficient (Wildman–Crippen LogP) is 3.21. The van der Waals surface area contributed by atoms with Gasteiger partial charge in [0.25, 0.3) is 0 Å². The Morgan fingerprint density at radius 1 is 1.12 bits per heavy atom. The van der Waals surface area contributed by atoms with Crippen LogP contribution in [0.4, 0.5) is 0 Å². The summed E-state index contributed by atoms with van der Waals surface area (Å²) in [5.74, 6) is -0.875. The van der Waals surface area contributed by atoms with Crippen LogP contribution in [-0.4, -0.2) is 17.4 Å². The van der Waals surface area contributed by atoms with Crippen molar-refractivity contribution >= 4 is 16.8 Å². The van der Waals surface area contributed by atoms with Gasteiger partial charge < -0.3 is 10.3 Å². The summed E-state index contributed by atoms with van der Waals surface area (Å²) in [5.41, 5.74) is 3.22. The van der Waals surface area contributed by atoms with Gasteiger partial charge in [0.05, 0.1) is 6.07 Å². The number of hydrogen-bond acceptors (Lipinski definition) is 2. The van der Waals surface area contributed by atoms with Crippen molar-refractivity contribution in [2.75, 3.05) is 6.54 Å². The summed E-state index contributed by atoms with van der Waals surface area (Å²) in [6.45, 7) is 0.540. The van der Waals surface area contributed by atoms with Gasteiger partial charge in [-0.15, -0.1) is 0 Å². The number of H-pyrrole nitrogens is 1. The Bertz CT molecular complexity index is 861. The van der Waals surface area contributed by atoms with E-state index in [1.165, 1.54) is 5.56 Å². The summed E-state index contributed by atoms with van der Waals surface area (Å²) in [7, 11) is 0. The molecule has 0 saturated heterocycles. The van der Waals surface area contributed by atoms with Gasteiger partial charge in [0.2, 0.25) is 5.91 Å². The van der Waals surface area contributed by atoms with Crippen LogP contribution in [0, 0.1) is 17.2 Å². The van der Waals surface area contributed by atoms with Crippen molar-refractivity contribution < 1.29 is 4.79 Å². The van der Waals surface area contributed by atoms with E-state index in [0.29, 0.717) is 13.0 Å². The Morgan fingerprint density at radius 2 is 1.96 bits per heavy atom. The lowest BCUT2D eigenvalue weighted by Crippen LogP contribution is -2.32. The fraction of sp³-hybridized carbons (Fsp3) is 0.200. The van der Waals surface area contributed by atoms with Crippen LogP contribution in [0.25, 0.3) is 10.9 Å². The third-order valence-corrected chi connectivity index (χ3v) is 4.09. The zero-order chi connectivity index (χ0) is 16.8. The average Bonchev–Trinajstić information content (AvgIpc) is 3.08. The fourth-order valence-electron chi connectivity index (χ4n) is 2.76. The molecule has 0 fully saturated rings. The van der Waals surface area contributed by atoms with Crippen LogP contribution in [0.3, 0.4) is 0 Å². The molecule has 4 heteroatoms. The summed E-state index contributed by atoms with van der Waals surface area (Å²) < 4.78 is 0. The molecule has 0 spiro atoms. The lowest BCUT2D eigenvalue weighted by molar-refractivity contribution is -0.123. The summed E-state index contributed by atoms with van der Waals surface area (Å²) in [6, 6.07) is 20.0. The Labute approximate surface area is 141 Å². The average molecular weight is 317 g/mol. The minimum Gasteiger partial charge on any atom is -0.361 e. The van der Waals surface area contributed by atoms with Gasteiger partial charge in [0.1, 0.15) is 5.92 Å². The number of aromatic amines is 1. The Morgan fingerprint density at radius 3 is 2.75 bits per heavy atom. The Hall–Kier alpha value is -3.06. The molecule has 1 heterocycles. The number of hydrogen-bond donors (Lipinski definition) is 2. The van der Waals surface area contributed by atoms with Crippen LogP contribution in [0.2, 0.25) is 0 Å². The monoisotopic (exact) mass is 317 g/mol. The predicted molar refractivity (Wildman–Crippen MR) is 94.3 cm³/mol. The van der Waals surface area contributed by atoms with Crippen LogP contribution < -0.4 is 5.32 Å². The SMILES string of the molecule is N#C[C@H](Cc1ccc2[nH]ccc2c1)C(=O)NCCc1ccccc1. The first kappa shape index (κ1) is 15.8. The number of rotatable bonds is 6. The molecule has 0 saturated carbocycles. The van der Waals surface area contributed by atoms with E-state index in [2.05, 4.69) is 16.4 Å². The maximum absolute atomic E-state index is 12.2. The second-order valence-corrected chi connectivity index (χ2v) is 5.81. The highest BCUT2D eigenvalue weighted by molar-refractivity contribution is 5.82. The van der Waals surface area contributed by atoms with Crippen molar-refractivity contribution in [3.8, 4) is 6.07 Å². The van der Waals surface area contributed by atoms with Gasteiger partial charge in [-0.3, -0.25) is 4.79 Å². The van der Waals surface area contributed by atoms with Crippen molar-refractivity contribution in [3.63, 3.8) is 0 Å². The van der Waals surface area contributed by atoms with Crippen LogP contribution in [0.15, 0.2) is 60.8 Å². The molecule has 4 nitrogen and oxygen atoms in total. The lowest BCUT2D eigenvalue weighted by atomic mass is 9.99. The first-order chi connectivity index (χ1) is 11.8. The molecular formula is C20H19N3O. The number of carbonyl (C=O) groups is 1. The Kier molecular flexibility index (Phi) is 4.93. The van der Waals surface area contributed by atoms with Gasteiger partial charge in [0, 0.05) is 18.3 Å². The highest BCUT2D eigenvalue weighted by Gasteiger charge is 2.18. The summed E-state index contributed by atoms with van der Waals surface area (Å²) in [6.07, 6.45) is 3.07. The molecule has 3 aromatic rings. The van der Waals surface area contributed by atoms with E-state index < -0.39 is 5.92 Å². The van der Waals surface area contributed by atoms with E-state index in [-0.39, 0.29) is 5.91 Å². The summed E-state index contributed by atoms with van der Waals surface area (Å²) >= 11 is 0. The van der Waals surface area contributed by atoms with E-state index in [4.69, 9.17) is 0 Å². The maximum atomic E-state index is 12.2. The third-order valence-electron chi connectivity index (χ3n) is 4.09. The lowest BCUT2D eigenvalue weighted by Gasteiger charge is -2.10. The minimum atomic E-state index is -0.669. The number of nitriles is 1. The van der Waals surface area contributed by atoms with Gasteiger partial charge >= 0.3 is 0 Å². The number of nitrogens with zero attached hydrogens (tertiary/aromatic N) is 1. The molecule has 2 aromatic carbocycles. The van der Waals surface area contributed by atoms with Gasteiger partial charge in [-0.05, 0) is 47.6 Å². The number of aromatic nitrogens is 1. The summed E-state index contributed by atoms with van der Waals surface area (Å²) in [4.78, 5) is 15.4. The third kappa shape index (κ3) is 3.82. The first-order valence-corrected chi connectivity index (χ1v) is 8.03. The second kappa shape index (κ2) is 7.47. The number of nitrogens with one attached hydrogen (secondary N) is 2. The van der Waals surface area contributed by atoms with Crippen molar-refractivity contribution in [2.24, 2.45) is 5.92 Å². The van der Waals surface area contributed by atoms with Gasteiger partial charge in [-0.2, -0.15) is 5.26 Å². The standard InChI is InChI=1S/C20H19N3O/c21-14-18(13-16-6-7-19-17(12-16)9-11-22-19)20(24)23-10-8-15-4-2-1-3-5-15/h1-7,9,11-12,18,22H,8,10,13H2,(H,23,24)/t18-/m0/s1. The molecule has 2 N–H and O–H groups in total. The Balaban J connectivity index is 1.56. The molecule has 0 aliphatic heterocycles. The molecule has 1 amide bonds. The zero-order valence-corrected chi connectivity index (χ0v) is 13.3. The largest absolute Gasteiger partial charge is 0.361 e. The molecule has 1 aromatic heterocycles. The molecule has 0 aliphatic carbocycles. The van der Waals surface area contributed by atoms with E-state index in [0.717, 1.165) is 22.9 Å². The van der Waals surface area contributed by atoms with E-state index >= 15 is 0 Å². The topological polar surface area (TPSA) is 68.7 Å². The quantitative estimate of drug-likeness (QED) is 0.733. The van der Waals surface area contributed by atoms with Crippen molar-refractivity contribution in [2.45, 2.75) is 12.8 Å². The van der Waals surface area contributed by atoms with Crippen LogP contribution in [0.5, 0.6) is 0 Å². The maximum Gasteiger partial charge on any atom is 0.237 e. The van der Waals surface area contributed by atoms with E-state index in [1.807, 2.05) is 60.8 Å². The molecule has 3 rings (SSSR count). The molecule has 0 radical (unpaired) electrons. The molecule has 0 unspecified atom stereocenters. The van der Waals surface area contributed by atoms with Crippen LogP contribution >= 0.6 is 0 Å². The highest BCUT2D eigenvalue weighted by atomic mass is 16.1. The van der Waals surface area contributed by atoms with Crippen molar-refractivity contribution in [1.29, 1.82) is 5.26 Å². The normalized spacial score (nSPS) is 11.8. The molecule has 24 heavy (non-hydrogen) atoms. The van der Waals surface area contributed by atoms with Crippen LogP contribution in [-0.2, 0) is 17.6 Å². The fourth-order valence-corrected chi connectivity index (χ4v) is 2.76. The molecule has 1 atom stereocenters. The van der Waals surface area contributed by atoms with Gasteiger partial charge in [-0.25, -0.2) is 0 Å². The number of carbonyl (C=O) groups excluding carboxylic acids is 1. The number of fused-ring (bicyclic) bond motifs is 1. The van der Waals surface area contributed by atoms with Gasteiger partial charge in [-0.1, -0.05) is 36.4 Å². The zero-order valence-electron chi connectivity index (χ0n) is 13.3. The minimum absolute atomic E-state index is 0.206. The van der Waals surface area contributed by atoms with Gasteiger partial charge in [0.15, 0.2) is 0 Å². The van der Waals surface area contributed by atoms with Crippen molar-refractivity contribution in [1.82, 2.24) is 10.3 Å². The van der Waals surface area contributed by atoms with Crippen molar-refractivity contribution in [3.05, 3.63) is 71.9 Å². The molecule has 0 aliphatic rings. The molecule has 120 valence electrons. The smallest absolute Gasteiger partial charge is 0.237 e. The highest BCUT2D eigenvalue weighted by Crippen LogP contribution is 2.17.